The minimum atomic E-state index is 0.637. The van der Waals surface area contributed by atoms with Crippen LogP contribution in [0, 0.1) is 0 Å². The van der Waals surface area contributed by atoms with E-state index in [1.54, 1.807) is 0 Å². The molecule has 0 aliphatic carbocycles. The van der Waals surface area contributed by atoms with Crippen LogP contribution in [0.4, 0.5) is 0 Å². The van der Waals surface area contributed by atoms with Crippen LogP contribution in [0.15, 0.2) is 12.4 Å². The van der Waals surface area contributed by atoms with Crippen LogP contribution in [0.25, 0.3) is 0 Å². The predicted molar refractivity (Wildman–Crippen MR) is 113 cm³/mol. The van der Waals surface area contributed by atoms with Crippen LogP contribution in [-0.4, -0.2) is 29.1 Å². The summed E-state index contributed by atoms with van der Waals surface area (Å²) >= 11 is 0. The molecule has 0 saturated heterocycles. The Morgan fingerprint density at radius 2 is 1.00 bits per heavy atom. The van der Waals surface area contributed by atoms with Crippen LogP contribution >= 0.6 is 0 Å². The van der Waals surface area contributed by atoms with E-state index in [0.29, 0.717) is 6.17 Å². The lowest BCUT2D eigenvalue weighted by atomic mass is 10.1. The Morgan fingerprint density at radius 3 is 1.48 bits per heavy atom. The van der Waals surface area contributed by atoms with Crippen molar-refractivity contribution < 1.29 is 0 Å². The summed E-state index contributed by atoms with van der Waals surface area (Å²) in [6.07, 6.45) is 26.4. The molecule has 1 aliphatic heterocycles. The SMILES string of the molecule is CCCCCCCCCCCCCCN1C=CN(CCC)C1CCC. The van der Waals surface area contributed by atoms with Crippen molar-refractivity contribution >= 4 is 0 Å². The molecule has 0 fully saturated rings. The van der Waals surface area contributed by atoms with Crippen LogP contribution in [-0.2, 0) is 0 Å². The summed E-state index contributed by atoms with van der Waals surface area (Å²) in [6.45, 7) is 9.34. The van der Waals surface area contributed by atoms with Gasteiger partial charge in [0.05, 0.1) is 0 Å². The third-order valence-electron chi connectivity index (χ3n) is 5.51. The third-order valence-corrected chi connectivity index (χ3v) is 5.51. The first-order chi connectivity index (χ1) is 12.3. The van der Waals surface area contributed by atoms with Crippen molar-refractivity contribution in [3.63, 3.8) is 0 Å². The van der Waals surface area contributed by atoms with E-state index in [1.807, 2.05) is 0 Å². The van der Waals surface area contributed by atoms with Gasteiger partial charge in [0, 0.05) is 25.5 Å². The normalized spacial score (nSPS) is 17.0. The summed E-state index contributed by atoms with van der Waals surface area (Å²) in [7, 11) is 0. The Morgan fingerprint density at radius 1 is 0.520 bits per heavy atom. The summed E-state index contributed by atoms with van der Waals surface area (Å²) < 4.78 is 0. The minimum absolute atomic E-state index is 0.637. The topological polar surface area (TPSA) is 6.48 Å². The highest BCUT2D eigenvalue weighted by atomic mass is 15.4. The molecule has 0 radical (unpaired) electrons. The molecular formula is C23H46N2. The molecule has 0 spiro atoms. The molecule has 2 heteroatoms. The van der Waals surface area contributed by atoms with E-state index in [2.05, 4.69) is 43.0 Å². The molecule has 0 bridgehead atoms. The van der Waals surface area contributed by atoms with Gasteiger partial charge in [-0.1, -0.05) is 97.8 Å². The van der Waals surface area contributed by atoms with Gasteiger partial charge in [0.15, 0.2) is 0 Å². The third kappa shape index (κ3) is 10.2. The van der Waals surface area contributed by atoms with Crippen molar-refractivity contribution in [3.05, 3.63) is 12.4 Å². The number of hydrogen-bond donors (Lipinski definition) is 0. The van der Waals surface area contributed by atoms with Gasteiger partial charge < -0.3 is 9.80 Å². The van der Waals surface area contributed by atoms with Gasteiger partial charge in [-0.3, -0.25) is 0 Å². The molecule has 148 valence electrons. The highest BCUT2D eigenvalue weighted by Gasteiger charge is 2.23. The minimum Gasteiger partial charge on any atom is -0.356 e. The lowest BCUT2D eigenvalue weighted by molar-refractivity contribution is 0.140. The second-order valence-corrected chi connectivity index (χ2v) is 7.93. The van der Waals surface area contributed by atoms with Gasteiger partial charge in [-0.05, 0) is 19.3 Å². The van der Waals surface area contributed by atoms with Gasteiger partial charge in [0.2, 0.25) is 0 Å². The van der Waals surface area contributed by atoms with Crippen molar-refractivity contribution in [2.24, 2.45) is 0 Å². The second-order valence-electron chi connectivity index (χ2n) is 7.93. The van der Waals surface area contributed by atoms with Gasteiger partial charge >= 0.3 is 0 Å². The van der Waals surface area contributed by atoms with Crippen molar-refractivity contribution in [1.82, 2.24) is 9.80 Å². The van der Waals surface area contributed by atoms with Gasteiger partial charge in [0.25, 0.3) is 0 Å². The maximum Gasteiger partial charge on any atom is 0.101 e. The molecule has 1 atom stereocenters. The molecule has 25 heavy (non-hydrogen) atoms. The van der Waals surface area contributed by atoms with E-state index in [4.69, 9.17) is 0 Å². The molecule has 2 nitrogen and oxygen atoms in total. The van der Waals surface area contributed by atoms with Crippen molar-refractivity contribution in [2.45, 2.75) is 123 Å². The summed E-state index contributed by atoms with van der Waals surface area (Å²) in [5.41, 5.74) is 0. The van der Waals surface area contributed by atoms with Gasteiger partial charge in [-0.15, -0.1) is 0 Å². The van der Waals surface area contributed by atoms with E-state index in [-0.39, 0.29) is 0 Å². The zero-order chi connectivity index (χ0) is 18.2. The van der Waals surface area contributed by atoms with Crippen molar-refractivity contribution in [3.8, 4) is 0 Å². The standard InChI is InChI=1S/C23H46N2/c1-4-7-8-9-10-11-12-13-14-15-16-17-20-25-22-21-24(19-6-3)23(25)18-5-2/h21-23H,4-20H2,1-3H3. The number of unbranched alkanes of at least 4 members (excludes halogenated alkanes) is 11. The van der Waals surface area contributed by atoms with Gasteiger partial charge in [-0.2, -0.15) is 0 Å². The Balaban J connectivity index is 1.96. The maximum atomic E-state index is 2.59. The predicted octanol–water partition coefficient (Wildman–Crippen LogP) is 7.31. The van der Waals surface area contributed by atoms with E-state index >= 15 is 0 Å². The fourth-order valence-corrected chi connectivity index (χ4v) is 3.99. The Labute approximate surface area is 159 Å². The number of nitrogens with zero attached hydrogens (tertiary/aromatic N) is 2. The Kier molecular flexibility index (Phi) is 14.0. The van der Waals surface area contributed by atoms with Crippen molar-refractivity contribution in [1.29, 1.82) is 0 Å². The fraction of sp³-hybridized carbons (Fsp3) is 0.913. The Hall–Kier alpha value is -0.660. The van der Waals surface area contributed by atoms with Crippen LogP contribution in [0.3, 0.4) is 0 Å². The van der Waals surface area contributed by atoms with Crippen LogP contribution in [0.5, 0.6) is 0 Å². The van der Waals surface area contributed by atoms with Gasteiger partial charge in [-0.25, -0.2) is 0 Å². The second kappa shape index (κ2) is 15.6. The van der Waals surface area contributed by atoms with Crippen LogP contribution in [0.2, 0.25) is 0 Å². The summed E-state index contributed by atoms with van der Waals surface area (Å²) in [4.78, 5) is 5.14. The highest BCUT2D eigenvalue weighted by Crippen LogP contribution is 2.21. The summed E-state index contributed by atoms with van der Waals surface area (Å²) in [5, 5.41) is 0. The van der Waals surface area contributed by atoms with Gasteiger partial charge in [0.1, 0.15) is 6.17 Å². The first kappa shape index (κ1) is 22.4. The van der Waals surface area contributed by atoms with Crippen LogP contribution < -0.4 is 0 Å². The Bertz CT molecular complexity index is 313. The zero-order valence-corrected chi connectivity index (χ0v) is 17.6. The zero-order valence-electron chi connectivity index (χ0n) is 17.6. The van der Waals surface area contributed by atoms with E-state index in [9.17, 15) is 0 Å². The first-order valence-electron chi connectivity index (χ1n) is 11.5. The molecule has 1 unspecified atom stereocenters. The highest BCUT2D eigenvalue weighted by molar-refractivity contribution is 4.96. The molecule has 0 saturated carbocycles. The molecule has 1 aliphatic rings. The largest absolute Gasteiger partial charge is 0.356 e. The van der Waals surface area contributed by atoms with Crippen LogP contribution in [0.1, 0.15) is 117 Å². The van der Waals surface area contributed by atoms with E-state index < -0.39 is 0 Å². The molecular weight excluding hydrogens is 304 g/mol. The molecule has 0 aromatic carbocycles. The molecule has 0 N–H and O–H groups in total. The van der Waals surface area contributed by atoms with E-state index in [1.165, 1.54) is 109 Å². The summed E-state index contributed by atoms with van der Waals surface area (Å²) in [5.74, 6) is 0. The monoisotopic (exact) mass is 350 g/mol. The molecule has 0 aromatic heterocycles. The van der Waals surface area contributed by atoms with E-state index in [0.717, 1.165) is 0 Å². The average molecular weight is 351 g/mol. The molecule has 0 aromatic rings. The quantitative estimate of drug-likeness (QED) is 0.254. The average Bonchev–Trinajstić information content (AvgIpc) is 2.98. The molecule has 1 heterocycles. The van der Waals surface area contributed by atoms with Crippen molar-refractivity contribution in [2.75, 3.05) is 13.1 Å². The lowest BCUT2D eigenvalue weighted by Gasteiger charge is -2.32. The molecule has 0 amide bonds. The first-order valence-corrected chi connectivity index (χ1v) is 11.5. The fourth-order valence-electron chi connectivity index (χ4n) is 3.99. The maximum absolute atomic E-state index is 2.59. The smallest absolute Gasteiger partial charge is 0.101 e. The lowest BCUT2D eigenvalue weighted by Crippen LogP contribution is -2.39. The number of rotatable bonds is 17. The summed E-state index contributed by atoms with van der Waals surface area (Å²) in [6, 6.07) is 0. The number of hydrogen-bond acceptors (Lipinski definition) is 2. The molecule has 1 rings (SSSR count).